The Morgan fingerprint density at radius 1 is 1.22 bits per heavy atom. The Morgan fingerprint density at radius 2 is 2.11 bits per heavy atom. The Labute approximate surface area is 108 Å². The van der Waals surface area contributed by atoms with Crippen LogP contribution in [0.3, 0.4) is 0 Å². The van der Waals surface area contributed by atoms with Crippen molar-refractivity contribution in [3.8, 4) is 0 Å². The zero-order valence-electron chi connectivity index (χ0n) is 10.6. The number of hydroxylamine groups is 1. The second-order valence-electron chi connectivity index (χ2n) is 5.12. The monoisotopic (exact) mass is 244 g/mol. The number of allylic oxidation sites excluding steroid dienone is 1. The van der Waals surface area contributed by atoms with Gasteiger partial charge in [0.25, 0.3) is 0 Å². The molecule has 0 radical (unpaired) electrons. The Morgan fingerprint density at radius 3 is 2.89 bits per heavy atom. The lowest BCUT2D eigenvalue weighted by atomic mass is 9.88. The van der Waals surface area contributed by atoms with Gasteiger partial charge in [-0.1, -0.05) is 30.3 Å². The average molecular weight is 244 g/mol. The third-order valence-corrected chi connectivity index (χ3v) is 3.80. The molecule has 3 nitrogen and oxygen atoms in total. The number of hydrogen-bond donors (Lipinski definition) is 2. The van der Waals surface area contributed by atoms with Crippen LogP contribution in [0.1, 0.15) is 18.4 Å². The zero-order valence-corrected chi connectivity index (χ0v) is 10.6. The van der Waals surface area contributed by atoms with Gasteiger partial charge < -0.3 is 10.2 Å². The molecule has 2 aliphatic rings. The molecule has 1 fully saturated rings. The molecular weight excluding hydrogens is 224 g/mol. The van der Waals surface area contributed by atoms with Gasteiger partial charge in [-0.15, -0.1) is 0 Å². The lowest BCUT2D eigenvalue weighted by Gasteiger charge is -2.30. The maximum Gasteiger partial charge on any atom is 0.124 e. The minimum absolute atomic E-state index is 0.566. The van der Waals surface area contributed by atoms with Crippen LogP contribution >= 0.6 is 0 Å². The van der Waals surface area contributed by atoms with E-state index in [0.29, 0.717) is 12.0 Å². The fourth-order valence-electron chi connectivity index (χ4n) is 2.88. The van der Waals surface area contributed by atoms with E-state index in [4.69, 9.17) is 4.84 Å². The summed E-state index contributed by atoms with van der Waals surface area (Å²) in [7, 11) is 0. The Hall–Kier alpha value is -1.32. The summed E-state index contributed by atoms with van der Waals surface area (Å²) in [6, 6.07) is 11.3. The molecule has 3 rings (SSSR count). The minimum atomic E-state index is 0.566. The van der Waals surface area contributed by atoms with E-state index >= 15 is 0 Å². The van der Waals surface area contributed by atoms with E-state index in [2.05, 4.69) is 47.2 Å². The molecule has 2 aliphatic heterocycles. The lowest BCUT2D eigenvalue weighted by Crippen LogP contribution is -2.40. The molecule has 0 saturated carbocycles. The molecule has 18 heavy (non-hydrogen) atoms. The Balaban J connectivity index is 1.60. The van der Waals surface area contributed by atoms with Crippen LogP contribution in [0.4, 0.5) is 0 Å². The predicted octanol–water partition coefficient (Wildman–Crippen LogP) is 2.02. The molecule has 2 N–H and O–H groups in total. The van der Waals surface area contributed by atoms with E-state index in [1.807, 2.05) is 0 Å². The van der Waals surface area contributed by atoms with E-state index in [1.54, 1.807) is 0 Å². The summed E-state index contributed by atoms with van der Waals surface area (Å²) in [5.41, 5.74) is 4.33. The molecule has 0 amide bonds. The summed E-state index contributed by atoms with van der Waals surface area (Å²) in [6.45, 7) is 1.94. The van der Waals surface area contributed by atoms with Crippen LogP contribution in [0.2, 0.25) is 0 Å². The van der Waals surface area contributed by atoms with Gasteiger partial charge in [-0.05, 0) is 37.4 Å². The molecule has 3 heteroatoms. The Kier molecular flexibility index (Phi) is 3.62. The van der Waals surface area contributed by atoms with Gasteiger partial charge in [0.05, 0.1) is 6.54 Å². The van der Waals surface area contributed by atoms with Gasteiger partial charge in [-0.2, -0.15) is 5.48 Å². The van der Waals surface area contributed by atoms with Gasteiger partial charge in [0.15, 0.2) is 0 Å². The summed E-state index contributed by atoms with van der Waals surface area (Å²) in [5.74, 6) is 1.73. The molecule has 2 heterocycles. The van der Waals surface area contributed by atoms with E-state index in [0.717, 1.165) is 25.3 Å². The van der Waals surface area contributed by atoms with Crippen molar-refractivity contribution in [1.29, 1.82) is 0 Å². The molecule has 1 aromatic carbocycles. The highest BCUT2D eigenvalue weighted by Crippen LogP contribution is 2.27. The first-order valence-electron chi connectivity index (χ1n) is 6.79. The largest absolute Gasteiger partial charge is 0.413 e. The van der Waals surface area contributed by atoms with E-state index < -0.39 is 0 Å². The van der Waals surface area contributed by atoms with Crippen molar-refractivity contribution < 1.29 is 4.84 Å². The normalized spacial score (nSPS) is 27.7. The van der Waals surface area contributed by atoms with Crippen LogP contribution in [0.15, 0.2) is 42.2 Å². The molecule has 96 valence electrons. The molecule has 1 saturated heterocycles. The van der Waals surface area contributed by atoms with Crippen molar-refractivity contribution in [2.24, 2.45) is 5.92 Å². The molecule has 2 atom stereocenters. The highest BCUT2D eigenvalue weighted by Gasteiger charge is 2.26. The first-order chi connectivity index (χ1) is 8.92. The molecule has 0 spiro atoms. The van der Waals surface area contributed by atoms with E-state index in [1.165, 1.54) is 18.4 Å². The fraction of sp³-hybridized carbons (Fsp3) is 0.467. The minimum Gasteiger partial charge on any atom is -0.413 e. The first-order valence-corrected chi connectivity index (χ1v) is 6.79. The summed E-state index contributed by atoms with van der Waals surface area (Å²) in [5, 5.41) is 3.62. The highest BCUT2D eigenvalue weighted by atomic mass is 16.7. The smallest absolute Gasteiger partial charge is 0.124 e. The second kappa shape index (κ2) is 5.55. The zero-order chi connectivity index (χ0) is 12.2. The molecule has 0 bridgehead atoms. The highest BCUT2D eigenvalue weighted by molar-refractivity contribution is 5.16. The molecule has 0 aromatic heterocycles. The van der Waals surface area contributed by atoms with Crippen LogP contribution in [-0.4, -0.2) is 19.1 Å². The predicted molar refractivity (Wildman–Crippen MR) is 71.8 cm³/mol. The van der Waals surface area contributed by atoms with Crippen LogP contribution in [0.5, 0.6) is 0 Å². The third-order valence-electron chi connectivity index (χ3n) is 3.80. The maximum atomic E-state index is 5.47. The van der Waals surface area contributed by atoms with Gasteiger partial charge in [0.1, 0.15) is 5.76 Å². The van der Waals surface area contributed by atoms with Crippen molar-refractivity contribution in [1.82, 2.24) is 10.8 Å². The quantitative estimate of drug-likeness (QED) is 0.853. The van der Waals surface area contributed by atoms with Crippen LogP contribution in [-0.2, 0) is 11.3 Å². The lowest BCUT2D eigenvalue weighted by molar-refractivity contribution is 0.101. The number of rotatable bonds is 3. The summed E-state index contributed by atoms with van der Waals surface area (Å²) >= 11 is 0. The van der Waals surface area contributed by atoms with Gasteiger partial charge in [-0.25, -0.2) is 0 Å². The first kappa shape index (κ1) is 11.8. The van der Waals surface area contributed by atoms with Crippen LogP contribution < -0.4 is 10.8 Å². The van der Waals surface area contributed by atoms with Gasteiger partial charge in [0, 0.05) is 12.0 Å². The van der Waals surface area contributed by atoms with E-state index in [-0.39, 0.29) is 0 Å². The van der Waals surface area contributed by atoms with Crippen molar-refractivity contribution in [2.75, 3.05) is 13.1 Å². The topological polar surface area (TPSA) is 33.3 Å². The van der Waals surface area contributed by atoms with Crippen molar-refractivity contribution in [3.63, 3.8) is 0 Å². The SMILES string of the molecule is C1=C([C@H]2CCN[C@H](Cc3ccccc3)C2)ONC1. The molecular formula is C15H20N2O. The van der Waals surface area contributed by atoms with Crippen molar-refractivity contribution in [3.05, 3.63) is 47.7 Å². The van der Waals surface area contributed by atoms with Crippen molar-refractivity contribution in [2.45, 2.75) is 25.3 Å². The van der Waals surface area contributed by atoms with E-state index in [9.17, 15) is 0 Å². The number of benzene rings is 1. The van der Waals surface area contributed by atoms with Gasteiger partial charge in [-0.3, -0.25) is 0 Å². The Bertz CT molecular complexity index is 416. The van der Waals surface area contributed by atoms with Crippen LogP contribution in [0.25, 0.3) is 0 Å². The summed E-state index contributed by atoms with van der Waals surface area (Å²) < 4.78 is 0. The second-order valence-corrected chi connectivity index (χ2v) is 5.12. The molecule has 1 aromatic rings. The maximum absolute atomic E-state index is 5.47. The van der Waals surface area contributed by atoms with Gasteiger partial charge in [0.2, 0.25) is 0 Å². The molecule has 0 unspecified atom stereocenters. The third kappa shape index (κ3) is 2.74. The summed E-state index contributed by atoms with van der Waals surface area (Å²) in [6.07, 6.45) is 5.63. The fourth-order valence-corrected chi connectivity index (χ4v) is 2.88. The van der Waals surface area contributed by atoms with Crippen LogP contribution in [0, 0.1) is 5.92 Å². The van der Waals surface area contributed by atoms with Gasteiger partial charge >= 0.3 is 0 Å². The standard InChI is InChI=1S/C15H20N2O/c1-2-4-12(5-3-1)10-14-11-13(6-8-16-14)15-7-9-17-18-15/h1-5,7,13-14,16-17H,6,8-11H2/t13-,14+/m0/s1. The number of piperidine rings is 1. The number of nitrogens with one attached hydrogen (secondary N) is 2. The number of hydrogen-bond acceptors (Lipinski definition) is 3. The molecule has 0 aliphatic carbocycles. The average Bonchev–Trinajstić information content (AvgIpc) is 2.94. The summed E-state index contributed by atoms with van der Waals surface area (Å²) in [4.78, 5) is 5.47. The van der Waals surface area contributed by atoms with Crippen molar-refractivity contribution >= 4 is 0 Å².